The number of amides is 1. The maximum absolute atomic E-state index is 13.0. The SMILES string of the molecule is Cc1ccc(S(=O)(=O)N(C)c2cccc(C(=O)NCCOc3ccc(S(=O)(=O)N4CCCC4)cc3)c2)cc1. The molecule has 38 heavy (non-hydrogen) atoms. The predicted octanol–water partition coefficient (Wildman–Crippen LogP) is 3.41. The molecule has 0 saturated carbocycles. The first kappa shape index (κ1) is 27.6. The molecule has 0 unspecified atom stereocenters. The number of nitrogens with zero attached hydrogens (tertiary/aromatic N) is 2. The Kier molecular flexibility index (Phi) is 8.39. The van der Waals surface area contributed by atoms with Gasteiger partial charge in [-0.05, 0) is 74.4 Å². The van der Waals surface area contributed by atoms with Crippen LogP contribution >= 0.6 is 0 Å². The van der Waals surface area contributed by atoms with Crippen LogP contribution in [0.1, 0.15) is 28.8 Å². The number of carbonyl (C=O) groups excluding carboxylic acids is 1. The minimum atomic E-state index is -3.78. The summed E-state index contributed by atoms with van der Waals surface area (Å²) in [5, 5.41) is 2.75. The second kappa shape index (κ2) is 11.5. The predicted molar refractivity (Wildman–Crippen MR) is 145 cm³/mol. The minimum Gasteiger partial charge on any atom is -0.492 e. The molecule has 202 valence electrons. The topological polar surface area (TPSA) is 113 Å². The zero-order valence-electron chi connectivity index (χ0n) is 21.3. The third kappa shape index (κ3) is 6.17. The lowest BCUT2D eigenvalue weighted by Crippen LogP contribution is -2.29. The molecule has 11 heteroatoms. The largest absolute Gasteiger partial charge is 0.492 e. The van der Waals surface area contributed by atoms with Gasteiger partial charge in [-0.2, -0.15) is 4.31 Å². The van der Waals surface area contributed by atoms with E-state index in [4.69, 9.17) is 4.74 Å². The van der Waals surface area contributed by atoms with E-state index < -0.39 is 20.0 Å². The number of ether oxygens (including phenoxy) is 1. The molecule has 4 rings (SSSR count). The summed E-state index contributed by atoms with van der Waals surface area (Å²) in [6.07, 6.45) is 1.75. The van der Waals surface area contributed by atoms with Gasteiger partial charge in [-0.3, -0.25) is 9.10 Å². The van der Waals surface area contributed by atoms with Gasteiger partial charge in [-0.25, -0.2) is 16.8 Å². The van der Waals surface area contributed by atoms with E-state index in [1.165, 1.54) is 29.6 Å². The molecule has 1 fully saturated rings. The van der Waals surface area contributed by atoms with E-state index in [0.29, 0.717) is 30.1 Å². The van der Waals surface area contributed by atoms with Gasteiger partial charge < -0.3 is 10.1 Å². The lowest BCUT2D eigenvalue weighted by atomic mass is 10.2. The highest BCUT2D eigenvalue weighted by Gasteiger charge is 2.27. The number of sulfonamides is 2. The standard InChI is InChI=1S/C27H31N3O6S2/c1-21-8-12-25(13-9-21)37(32,33)29(2)23-7-5-6-22(20-23)27(31)28-16-19-36-24-10-14-26(15-11-24)38(34,35)30-17-3-4-18-30/h5-15,20H,3-4,16-19H2,1-2H3,(H,28,31). The number of hydrogen-bond donors (Lipinski definition) is 1. The van der Waals surface area contributed by atoms with E-state index in [0.717, 1.165) is 22.7 Å². The fraction of sp³-hybridized carbons (Fsp3) is 0.296. The number of hydrogen-bond acceptors (Lipinski definition) is 6. The van der Waals surface area contributed by atoms with Crippen molar-refractivity contribution < 1.29 is 26.4 Å². The average molecular weight is 558 g/mol. The third-order valence-corrected chi connectivity index (χ3v) is 10.0. The molecule has 0 bridgehead atoms. The Morgan fingerprint density at radius 2 is 1.55 bits per heavy atom. The Hall–Kier alpha value is -3.41. The van der Waals surface area contributed by atoms with Gasteiger partial charge in [0.2, 0.25) is 10.0 Å². The van der Waals surface area contributed by atoms with Gasteiger partial charge in [0, 0.05) is 25.7 Å². The number of benzene rings is 3. The molecule has 1 amide bonds. The van der Waals surface area contributed by atoms with E-state index in [2.05, 4.69) is 5.32 Å². The maximum atomic E-state index is 13.0. The fourth-order valence-electron chi connectivity index (χ4n) is 4.07. The van der Waals surface area contributed by atoms with E-state index >= 15 is 0 Å². The molecular weight excluding hydrogens is 526 g/mol. The molecule has 0 radical (unpaired) electrons. The molecular formula is C27H31N3O6S2. The monoisotopic (exact) mass is 557 g/mol. The van der Waals surface area contributed by atoms with E-state index in [9.17, 15) is 21.6 Å². The number of nitrogens with one attached hydrogen (secondary N) is 1. The average Bonchev–Trinajstić information content (AvgIpc) is 3.47. The van der Waals surface area contributed by atoms with Gasteiger partial charge in [0.15, 0.2) is 0 Å². The molecule has 0 aromatic heterocycles. The summed E-state index contributed by atoms with van der Waals surface area (Å²) < 4.78 is 59.5. The summed E-state index contributed by atoms with van der Waals surface area (Å²) in [5.41, 5.74) is 1.63. The Morgan fingerprint density at radius 3 is 2.21 bits per heavy atom. The smallest absolute Gasteiger partial charge is 0.264 e. The number of carbonyl (C=O) groups is 1. The minimum absolute atomic E-state index is 0.166. The first-order valence-corrected chi connectivity index (χ1v) is 15.1. The summed E-state index contributed by atoms with van der Waals surface area (Å²) in [6.45, 7) is 3.34. The van der Waals surface area contributed by atoms with Crippen molar-refractivity contribution in [2.45, 2.75) is 29.6 Å². The Bertz CT molecular complexity index is 1480. The Labute approximate surface area is 224 Å². The van der Waals surface area contributed by atoms with Crippen LogP contribution in [0.25, 0.3) is 0 Å². The van der Waals surface area contributed by atoms with E-state index in [1.807, 2.05) is 6.92 Å². The van der Waals surface area contributed by atoms with Gasteiger partial charge in [0.25, 0.3) is 15.9 Å². The number of aryl methyl sites for hydroxylation is 1. The first-order chi connectivity index (χ1) is 18.1. The number of anilines is 1. The van der Waals surface area contributed by atoms with Gasteiger partial charge in [-0.1, -0.05) is 23.8 Å². The highest BCUT2D eigenvalue weighted by Crippen LogP contribution is 2.24. The molecule has 3 aromatic carbocycles. The van der Waals surface area contributed by atoms with E-state index in [1.54, 1.807) is 54.6 Å². The zero-order chi connectivity index (χ0) is 27.3. The van der Waals surface area contributed by atoms with E-state index in [-0.39, 0.29) is 28.8 Å². The quantitative estimate of drug-likeness (QED) is 0.382. The van der Waals surface area contributed by atoms with Gasteiger partial charge in [0.1, 0.15) is 12.4 Å². The van der Waals surface area contributed by atoms with Crippen molar-refractivity contribution in [3.63, 3.8) is 0 Å². The van der Waals surface area contributed by atoms with Crippen LogP contribution in [0.2, 0.25) is 0 Å². The molecule has 0 atom stereocenters. The van der Waals surface area contributed by atoms with Crippen LogP contribution in [-0.4, -0.2) is 60.3 Å². The van der Waals surface area contributed by atoms with Crippen molar-refractivity contribution in [2.24, 2.45) is 0 Å². The molecule has 1 heterocycles. The van der Waals surface area contributed by atoms with Crippen LogP contribution < -0.4 is 14.4 Å². The zero-order valence-corrected chi connectivity index (χ0v) is 23.0. The lowest BCUT2D eigenvalue weighted by molar-refractivity contribution is 0.0947. The van der Waals surface area contributed by atoms with Gasteiger partial charge >= 0.3 is 0 Å². The lowest BCUT2D eigenvalue weighted by Gasteiger charge is -2.20. The highest BCUT2D eigenvalue weighted by molar-refractivity contribution is 7.92. The maximum Gasteiger partial charge on any atom is 0.264 e. The number of rotatable bonds is 10. The molecule has 1 aliphatic heterocycles. The summed E-state index contributed by atoms with van der Waals surface area (Å²) in [7, 11) is -5.81. The van der Waals surface area contributed by atoms with Crippen LogP contribution in [0, 0.1) is 6.92 Å². The first-order valence-electron chi connectivity index (χ1n) is 12.3. The normalized spacial score (nSPS) is 14.3. The van der Waals surface area contributed by atoms with Crippen molar-refractivity contribution in [3.05, 3.63) is 83.9 Å². The van der Waals surface area contributed by atoms with Crippen LogP contribution in [0.5, 0.6) is 5.75 Å². The van der Waals surface area contributed by atoms with Crippen LogP contribution in [0.3, 0.4) is 0 Å². The molecule has 3 aromatic rings. The Balaban J connectivity index is 1.31. The second-order valence-corrected chi connectivity index (χ2v) is 12.9. The summed E-state index contributed by atoms with van der Waals surface area (Å²) in [6, 6.07) is 19.2. The molecule has 1 saturated heterocycles. The van der Waals surface area contributed by atoms with Crippen LogP contribution in [0.4, 0.5) is 5.69 Å². The van der Waals surface area contributed by atoms with Crippen molar-refractivity contribution in [1.29, 1.82) is 0 Å². The third-order valence-electron chi connectivity index (χ3n) is 6.33. The molecule has 0 aliphatic carbocycles. The van der Waals surface area contributed by atoms with Crippen molar-refractivity contribution in [1.82, 2.24) is 9.62 Å². The van der Waals surface area contributed by atoms with Gasteiger partial charge in [-0.15, -0.1) is 0 Å². The van der Waals surface area contributed by atoms with Gasteiger partial charge in [0.05, 0.1) is 22.0 Å². The molecule has 0 spiro atoms. The van der Waals surface area contributed by atoms with Crippen molar-refractivity contribution >= 4 is 31.6 Å². The summed E-state index contributed by atoms with van der Waals surface area (Å²) in [4.78, 5) is 13.1. The summed E-state index contributed by atoms with van der Waals surface area (Å²) in [5.74, 6) is 0.119. The van der Waals surface area contributed by atoms with Crippen LogP contribution in [-0.2, 0) is 20.0 Å². The van der Waals surface area contributed by atoms with Crippen molar-refractivity contribution in [3.8, 4) is 5.75 Å². The molecule has 9 nitrogen and oxygen atoms in total. The fourth-order valence-corrected chi connectivity index (χ4v) is 6.78. The second-order valence-electron chi connectivity index (χ2n) is 9.02. The molecule has 1 N–H and O–H groups in total. The van der Waals surface area contributed by atoms with Crippen molar-refractivity contribution in [2.75, 3.05) is 37.6 Å². The summed E-state index contributed by atoms with van der Waals surface area (Å²) >= 11 is 0. The highest BCUT2D eigenvalue weighted by atomic mass is 32.2. The molecule has 1 aliphatic rings. The Morgan fingerprint density at radius 1 is 0.921 bits per heavy atom. The van der Waals surface area contributed by atoms with Crippen LogP contribution in [0.15, 0.2) is 82.6 Å².